The van der Waals surface area contributed by atoms with E-state index in [-0.39, 0.29) is 5.82 Å². The number of hydrogen-bond acceptors (Lipinski definition) is 2. The van der Waals surface area contributed by atoms with Crippen molar-refractivity contribution >= 4 is 0 Å². The molecule has 112 valence electrons. The Kier molecular flexibility index (Phi) is 5.03. The molecule has 1 aliphatic carbocycles. The number of aryl methyl sites for hydroxylation is 1. The molecule has 0 saturated heterocycles. The Hall–Kier alpha value is -1.09. The van der Waals surface area contributed by atoms with Gasteiger partial charge in [0.1, 0.15) is 11.6 Å². The van der Waals surface area contributed by atoms with Crippen LogP contribution in [0.4, 0.5) is 4.39 Å². The number of ether oxygens (including phenoxy) is 1. The first-order valence-electron chi connectivity index (χ1n) is 7.78. The highest BCUT2D eigenvalue weighted by molar-refractivity contribution is 5.45. The van der Waals surface area contributed by atoms with E-state index in [1.807, 2.05) is 6.92 Å². The molecular weight excluding hydrogens is 255 g/mol. The first kappa shape index (κ1) is 15.3. The van der Waals surface area contributed by atoms with Crippen LogP contribution in [0, 0.1) is 5.82 Å². The monoisotopic (exact) mass is 280 g/mol. The van der Waals surface area contributed by atoms with Crippen molar-refractivity contribution in [1.82, 2.24) is 0 Å². The van der Waals surface area contributed by atoms with Crippen molar-refractivity contribution in [3.05, 3.63) is 29.1 Å². The van der Waals surface area contributed by atoms with Crippen LogP contribution in [0.15, 0.2) is 12.1 Å². The molecule has 0 bridgehead atoms. The van der Waals surface area contributed by atoms with Gasteiger partial charge >= 0.3 is 0 Å². The smallest absolute Gasteiger partial charge is 0.128 e. The van der Waals surface area contributed by atoms with Crippen LogP contribution < -0.4 is 4.74 Å². The van der Waals surface area contributed by atoms with E-state index in [0.717, 1.165) is 56.1 Å². The fourth-order valence-electron chi connectivity index (χ4n) is 3.29. The predicted molar refractivity (Wildman–Crippen MR) is 78.5 cm³/mol. The van der Waals surface area contributed by atoms with Gasteiger partial charge < -0.3 is 9.84 Å². The number of aliphatic hydroxyl groups is 1. The van der Waals surface area contributed by atoms with E-state index in [4.69, 9.17) is 4.74 Å². The SMILES string of the molecule is CCCc1cc(F)cc(OCC)c1C1(O)CCCCC1. The summed E-state index contributed by atoms with van der Waals surface area (Å²) in [4.78, 5) is 0. The van der Waals surface area contributed by atoms with Crippen molar-refractivity contribution in [2.75, 3.05) is 6.61 Å². The van der Waals surface area contributed by atoms with Crippen LogP contribution in [0.3, 0.4) is 0 Å². The number of hydrogen-bond donors (Lipinski definition) is 1. The van der Waals surface area contributed by atoms with Crippen LogP contribution in [0.1, 0.15) is 63.5 Å². The molecule has 0 heterocycles. The van der Waals surface area contributed by atoms with E-state index < -0.39 is 5.60 Å². The molecule has 0 unspecified atom stereocenters. The van der Waals surface area contributed by atoms with Crippen molar-refractivity contribution in [1.29, 1.82) is 0 Å². The Morgan fingerprint density at radius 1 is 1.20 bits per heavy atom. The molecule has 0 atom stereocenters. The lowest BCUT2D eigenvalue weighted by Crippen LogP contribution is -2.30. The van der Waals surface area contributed by atoms with E-state index in [1.165, 1.54) is 6.07 Å². The third kappa shape index (κ3) is 3.14. The topological polar surface area (TPSA) is 29.5 Å². The first-order chi connectivity index (χ1) is 9.60. The summed E-state index contributed by atoms with van der Waals surface area (Å²) in [6.45, 7) is 4.44. The molecule has 0 amide bonds. The van der Waals surface area contributed by atoms with E-state index >= 15 is 0 Å². The van der Waals surface area contributed by atoms with Crippen molar-refractivity contribution < 1.29 is 14.2 Å². The Morgan fingerprint density at radius 2 is 1.90 bits per heavy atom. The molecule has 1 saturated carbocycles. The Morgan fingerprint density at radius 3 is 2.50 bits per heavy atom. The third-order valence-electron chi connectivity index (χ3n) is 4.11. The second-order valence-electron chi connectivity index (χ2n) is 5.71. The van der Waals surface area contributed by atoms with Crippen LogP contribution in [0.5, 0.6) is 5.75 Å². The van der Waals surface area contributed by atoms with Gasteiger partial charge in [-0.3, -0.25) is 0 Å². The molecule has 20 heavy (non-hydrogen) atoms. The average Bonchev–Trinajstić information content (AvgIpc) is 2.39. The lowest BCUT2D eigenvalue weighted by molar-refractivity contribution is -0.00382. The summed E-state index contributed by atoms with van der Waals surface area (Å²) < 4.78 is 19.4. The zero-order valence-corrected chi connectivity index (χ0v) is 12.5. The van der Waals surface area contributed by atoms with Gasteiger partial charge in [-0.1, -0.05) is 32.6 Å². The highest BCUT2D eigenvalue weighted by atomic mass is 19.1. The maximum atomic E-state index is 13.8. The van der Waals surface area contributed by atoms with E-state index in [1.54, 1.807) is 6.07 Å². The molecule has 1 aromatic carbocycles. The maximum Gasteiger partial charge on any atom is 0.128 e. The van der Waals surface area contributed by atoms with Gasteiger partial charge in [0.2, 0.25) is 0 Å². The first-order valence-corrected chi connectivity index (χ1v) is 7.78. The van der Waals surface area contributed by atoms with E-state index in [9.17, 15) is 9.50 Å². The molecule has 2 nitrogen and oxygen atoms in total. The van der Waals surface area contributed by atoms with Gasteiger partial charge in [-0.15, -0.1) is 0 Å². The Labute approximate surface area is 121 Å². The molecular formula is C17H25FO2. The summed E-state index contributed by atoms with van der Waals surface area (Å²) >= 11 is 0. The summed E-state index contributed by atoms with van der Waals surface area (Å²) in [5, 5.41) is 11.0. The van der Waals surface area contributed by atoms with Gasteiger partial charge in [0.25, 0.3) is 0 Å². The van der Waals surface area contributed by atoms with Gasteiger partial charge in [-0.25, -0.2) is 4.39 Å². The standard InChI is InChI=1S/C17H25FO2/c1-3-8-13-11-14(18)12-15(20-4-2)16(13)17(19)9-6-5-7-10-17/h11-12,19H,3-10H2,1-2H3. The molecule has 0 radical (unpaired) electrons. The van der Waals surface area contributed by atoms with Crippen molar-refractivity contribution in [3.8, 4) is 5.75 Å². The number of halogens is 1. The molecule has 1 fully saturated rings. The van der Waals surface area contributed by atoms with Crippen LogP contribution in [-0.4, -0.2) is 11.7 Å². The van der Waals surface area contributed by atoms with Crippen LogP contribution in [0.25, 0.3) is 0 Å². The third-order valence-corrected chi connectivity index (χ3v) is 4.11. The minimum atomic E-state index is -0.846. The summed E-state index contributed by atoms with van der Waals surface area (Å²) in [6.07, 6.45) is 6.39. The molecule has 1 aromatic rings. The fourth-order valence-corrected chi connectivity index (χ4v) is 3.29. The summed E-state index contributed by atoms with van der Waals surface area (Å²) in [7, 11) is 0. The summed E-state index contributed by atoms with van der Waals surface area (Å²) in [6, 6.07) is 2.98. The van der Waals surface area contributed by atoms with Gasteiger partial charge in [0, 0.05) is 11.6 Å². The second kappa shape index (κ2) is 6.57. The van der Waals surface area contributed by atoms with E-state index in [2.05, 4.69) is 6.92 Å². The minimum absolute atomic E-state index is 0.278. The van der Waals surface area contributed by atoms with Crippen molar-refractivity contribution in [3.63, 3.8) is 0 Å². The van der Waals surface area contributed by atoms with Crippen molar-refractivity contribution in [2.45, 2.75) is 64.4 Å². The molecule has 3 heteroatoms. The van der Waals surface area contributed by atoms with Gasteiger partial charge in [-0.2, -0.15) is 0 Å². The molecule has 1 aliphatic rings. The molecule has 0 aliphatic heterocycles. The maximum absolute atomic E-state index is 13.8. The van der Waals surface area contributed by atoms with Crippen LogP contribution >= 0.6 is 0 Å². The van der Waals surface area contributed by atoms with Gasteiger partial charge in [0.15, 0.2) is 0 Å². The predicted octanol–water partition coefficient (Wildman–Crippen LogP) is 4.33. The van der Waals surface area contributed by atoms with Crippen molar-refractivity contribution in [2.24, 2.45) is 0 Å². The van der Waals surface area contributed by atoms with Crippen LogP contribution in [-0.2, 0) is 12.0 Å². The quantitative estimate of drug-likeness (QED) is 0.870. The second-order valence-corrected chi connectivity index (χ2v) is 5.71. The molecule has 0 spiro atoms. The molecule has 0 aromatic heterocycles. The van der Waals surface area contributed by atoms with Gasteiger partial charge in [0.05, 0.1) is 12.2 Å². The highest BCUT2D eigenvalue weighted by Crippen LogP contribution is 2.43. The zero-order valence-electron chi connectivity index (χ0n) is 12.5. The average molecular weight is 280 g/mol. The van der Waals surface area contributed by atoms with Gasteiger partial charge in [-0.05, 0) is 37.8 Å². The zero-order chi connectivity index (χ0) is 14.6. The molecule has 2 rings (SSSR count). The Bertz CT molecular complexity index is 423. The van der Waals surface area contributed by atoms with E-state index in [0.29, 0.717) is 12.4 Å². The molecule has 1 N–H and O–H groups in total. The van der Waals surface area contributed by atoms with Crippen LogP contribution in [0.2, 0.25) is 0 Å². The largest absolute Gasteiger partial charge is 0.493 e. The highest BCUT2D eigenvalue weighted by Gasteiger charge is 2.36. The summed E-state index contributed by atoms with van der Waals surface area (Å²) in [5.41, 5.74) is 0.892. The number of rotatable bonds is 5. The Balaban J connectivity index is 2.50. The number of benzene rings is 1. The lowest BCUT2D eigenvalue weighted by Gasteiger charge is -2.35. The summed E-state index contributed by atoms with van der Waals surface area (Å²) in [5.74, 6) is 0.250. The fraction of sp³-hybridized carbons (Fsp3) is 0.647. The normalized spacial score (nSPS) is 18.0. The lowest BCUT2D eigenvalue weighted by atomic mass is 9.77. The minimum Gasteiger partial charge on any atom is -0.493 e.